The van der Waals surface area contributed by atoms with Crippen molar-refractivity contribution < 1.29 is 58.9 Å². The zero-order valence-corrected chi connectivity index (χ0v) is 20.3. The van der Waals surface area contributed by atoms with Gasteiger partial charge in [0, 0.05) is 19.7 Å². The molecule has 2 unspecified atom stereocenters. The van der Waals surface area contributed by atoms with Crippen LogP contribution < -0.4 is 11.5 Å². The van der Waals surface area contributed by atoms with E-state index in [2.05, 4.69) is 0 Å². The molecule has 0 heterocycles. The lowest BCUT2D eigenvalue weighted by molar-refractivity contribution is -0.179. The van der Waals surface area contributed by atoms with Crippen molar-refractivity contribution in [2.75, 3.05) is 78.9 Å². The van der Waals surface area contributed by atoms with E-state index in [1.807, 2.05) is 0 Å². The molecule has 36 heavy (non-hydrogen) atoms. The van der Waals surface area contributed by atoms with Crippen LogP contribution in [-0.2, 0) is 33.4 Å². The summed E-state index contributed by atoms with van der Waals surface area (Å²) < 4.78 is 16.3. The molecule has 0 aliphatic rings. The molecule has 16 heteroatoms. The van der Waals surface area contributed by atoms with Crippen LogP contribution in [0.1, 0.15) is 6.92 Å². The van der Waals surface area contributed by atoms with E-state index in [9.17, 15) is 44.7 Å². The first-order valence-corrected chi connectivity index (χ1v) is 11.1. The number of nitrogens with two attached hydrogens (primary N) is 2. The van der Waals surface area contributed by atoms with Crippen LogP contribution in [0, 0.1) is 0 Å². The average Bonchev–Trinajstić information content (AvgIpc) is 2.76. The Morgan fingerprint density at radius 2 is 1.06 bits per heavy atom. The van der Waals surface area contributed by atoms with Crippen molar-refractivity contribution in [3.63, 3.8) is 0 Å². The molecular weight excluding hydrogens is 488 g/mol. The number of rotatable bonds is 23. The van der Waals surface area contributed by atoms with E-state index < -0.39 is 87.6 Å². The summed E-state index contributed by atoms with van der Waals surface area (Å²) in [5, 5.41) is 49.7. The minimum atomic E-state index is -2.28. The monoisotopic (exact) mass is 526 g/mol. The summed E-state index contributed by atoms with van der Waals surface area (Å²) >= 11 is 0. The van der Waals surface area contributed by atoms with Gasteiger partial charge in [-0.15, -0.1) is 0 Å². The quantitative estimate of drug-likeness (QED) is 0.0634. The molecule has 16 nitrogen and oxygen atoms in total. The first kappa shape index (κ1) is 33.6. The molecule has 210 valence electrons. The largest absolute Gasteiger partial charge is 0.480 e. The lowest BCUT2D eigenvalue weighted by Crippen LogP contribution is -2.70. The first-order chi connectivity index (χ1) is 16.9. The Hall–Kier alpha value is -2.44. The average molecular weight is 527 g/mol. The fraction of sp³-hybridized carbons (Fsp3) is 0.800. The third-order valence-corrected chi connectivity index (χ3v) is 5.00. The van der Waals surface area contributed by atoms with Gasteiger partial charge in [-0.05, 0) is 6.92 Å². The number of carboxylic acids is 4. The maximum Gasteiger partial charge on any atom is 0.317 e. The van der Waals surface area contributed by atoms with Gasteiger partial charge in [-0.3, -0.25) is 29.0 Å². The predicted octanol–water partition coefficient (Wildman–Crippen LogP) is -3.62. The molecule has 0 aromatic rings. The smallest absolute Gasteiger partial charge is 0.317 e. The zero-order chi connectivity index (χ0) is 27.7. The van der Waals surface area contributed by atoms with Crippen molar-refractivity contribution in [2.24, 2.45) is 11.5 Å². The number of carbonyl (C=O) groups is 4. The summed E-state index contributed by atoms with van der Waals surface area (Å²) in [5.41, 5.74) is 8.63. The third-order valence-electron chi connectivity index (χ3n) is 5.00. The van der Waals surface area contributed by atoms with Crippen LogP contribution >= 0.6 is 0 Å². The van der Waals surface area contributed by atoms with E-state index in [4.69, 9.17) is 25.7 Å². The highest BCUT2D eigenvalue weighted by Gasteiger charge is 2.51. The number of ether oxygens (including phenoxy) is 3. The number of aliphatic carboxylic acids is 4. The van der Waals surface area contributed by atoms with Gasteiger partial charge in [0.25, 0.3) is 0 Å². The molecule has 9 N–H and O–H groups in total. The molecule has 0 saturated carbocycles. The lowest BCUT2D eigenvalue weighted by Gasteiger charge is -2.48. The topological polar surface area (TPSA) is 256 Å². The molecule has 0 rings (SSSR count). The highest BCUT2D eigenvalue weighted by atomic mass is 16.5. The molecule has 0 spiro atoms. The van der Waals surface area contributed by atoms with Gasteiger partial charge >= 0.3 is 23.9 Å². The maximum atomic E-state index is 12.1. The zero-order valence-electron chi connectivity index (χ0n) is 20.3. The van der Waals surface area contributed by atoms with Crippen molar-refractivity contribution in [2.45, 2.75) is 24.6 Å². The van der Waals surface area contributed by atoms with E-state index in [1.54, 1.807) is 6.92 Å². The Morgan fingerprint density at radius 3 is 1.31 bits per heavy atom. The van der Waals surface area contributed by atoms with Crippen molar-refractivity contribution in [1.29, 1.82) is 0 Å². The Kier molecular flexibility index (Phi) is 16.7. The highest BCUT2D eigenvalue weighted by molar-refractivity contribution is 5.73. The molecular formula is C20H38N4O12. The van der Waals surface area contributed by atoms with Crippen LogP contribution in [-0.4, -0.2) is 156 Å². The molecule has 0 aromatic carbocycles. The second kappa shape index (κ2) is 17.9. The summed E-state index contributed by atoms with van der Waals surface area (Å²) in [5.74, 6) is -5.66. The third kappa shape index (κ3) is 12.5. The molecule has 2 atom stereocenters. The SMILES string of the molecule is CCOCC(O)(C(COCCN)N(CC(=O)O)CC(=O)O)C(COCCN)N(CC(=O)O)CC(=O)O. The van der Waals surface area contributed by atoms with Crippen LogP contribution in [0.15, 0.2) is 0 Å². The molecule has 0 fully saturated rings. The van der Waals surface area contributed by atoms with Crippen molar-refractivity contribution in [3.05, 3.63) is 0 Å². The molecule has 0 aliphatic heterocycles. The van der Waals surface area contributed by atoms with Crippen LogP contribution in [0.4, 0.5) is 0 Å². The predicted molar refractivity (Wildman–Crippen MR) is 122 cm³/mol. The second-order valence-electron chi connectivity index (χ2n) is 7.77. The van der Waals surface area contributed by atoms with Gasteiger partial charge in [0.05, 0.1) is 71.3 Å². The summed E-state index contributed by atoms with van der Waals surface area (Å²) in [4.78, 5) is 48.1. The van der Waals surface area contributed by atoms with Gasteiger partial charge in [0.2, 0.25) is 0 Å². The van der Waals surface area contributed by atoms with Crippen molar-refractivity contribution >= 4 is 23.9 Å². The maximum absolute atomic E-state index is 12.1. The van der Waals surface area contributed by atoms with E-state index >= 15 is 0 Å². The Bertz CT molecular complexity index is 614. The van der Waals surface area contributed by atoms with Gasteiger partial charge in [-0.25, -0.2) is 0 Å². The second-order valence-corrected chi connectivity index (χ2v) is 7.77. The van der Waals surface area contributed by atoms with Crippen LogP contribution in [0.25, 0.3) is 0 Å². The van der Waals surface area contributed by atoms with E-state index in [0.717, 1.165) is 9.80 Å². The minimum absolute atomic E-state index is 0.0303. The molecule has 0 amide bonds. The summed E-state index contributed by atoms with van der Waals surface area (Å²) in [7, 11) is 0. The van der Waals surface area contributed by atoms with Crippen molar-refractivity contribution in [3.8, 4) is 0 Å². The number of carboxylic acid groups (broad SMARTS) is 4. The number of hydrogen-bond donors (Lipinski definition) is 7. The minimum Gasteiger partial charge on any atom is -0.480 e. The number of aliphatic hydroxyl groups is 1. The van der Waals surface area contributed by atoms with Gasteiger partial charge in [0.1, 0.15) is 5.60 Å². The molecule has 0 saturated heterocycles. The van der Waals surface area contributed by atoms with Gasteiger partial charge in [-0.2, -0.15) is 0 Å². The molecule has 0 aromatic heterocycles. The van der Waals surface area contributed by atoms with E-state index in [0.29, 0.717) is 0 Å². The molecule has 0 bridgehead atoms. The van der Waals surface area contributed by atoms with Crippen LogP contribution in [0.2, 0.25) is 0 Å². The fourth-order valence-electron chi connectivity index (χ4n) is 3.62. The first-order valence-electron chi connectivity index (χ1n) is 11.1. The number of hydrogen-bond acceptors (Lipinski definition) is 12. The van der Waals surface area contributed by atoms with E-state index in [-0.39, 0.29) is 32.9 Å². The summed E-state index contributed by atoms with van der Waals surface area (Å²) in [6.45, 7) is -3.11. The van der Waals surface area contributed by atoms with Crippen LogP contribution in [0.3, 0.4) is 0 Å². The standard InChI is InChI=1S/C20H38N4O12/c1-2-34-13-20(33,14(11-35-5-3-21)23(7-16(25)26)8-17(27)28)15(12-36-6-4-22)24(9-18(29)30)10-19(31)32/h14-15,33H,2-13,21-22H2,1H3,(H,25,26)(H,27,28)(H,29,30)(H,31,32). The van der Waals surface area contributed by atoms with Gasteiger partial charge in [-0.1, -0.05) is 0 Å². The Labute approximate surface area is 208 Å². The van der Waals surface area contributed by atoms with Gasteiger partial charge < -0.3 is 51.2 Å². The van der Waals surface area contributed by atoms with Crippen LogP contribution in [0.5, 0.6) is 0 Å². The van der Waals surface area contributed by atoms with Gasteiger partial charge in [0.15, 0.2) is 0 Å². The lowest BCUT2D eigenvalue weighted by atomic mass is 9.84. The van der Waals surface area contributed by atoms with Crippen molar-refractivity contribution in [1.82, 2.24) is 9.80 Å². The summed E-state index contributed by atoms with van der Waals surface area (Å²) in [6, 6.07) is -2.86. The molecule has 0 radical (unpaired) electrons. The molecule has 0 aliphatic carbocycles. The van der Waals surface area contributed by atoms with E-state index in [1.165, 1.54) is 0 Å². The highest BCUT2D eigenvalue weighted by Crippen LogP contribution is 2.27. The number of nitrogens with zero attached hydrogens (tertiary/aromatic N) is 2. The fourth-order valence-corrected chi connectivity index (χ4v) is 3.62. The summed E-state index contributed by atoms with van der Waals surface area (Å²) in [6.07, 6.45) is 0. The normalized spacial score (nSPS) is 14.9. The Morgan fingerprint density at radius 1 is 0.722 bits per heavy atom. The Balaban J connectivity index is 6.86.